The molecule has 0 spiro atoms. The van der Waals surface area contributed by atoms with E-state index < -0.39 is 12.0 Å². The van der Waals surface area contributed by atoms with Crippen LogP contribution >= 0.6 is 23.4 Å². The summed E-state index contributed by atoms with van der Waals surface area (Å²) in [6.45, 7) is 5.94. The predicted octanol–water partition coefficient (Wildman–Crippen LogP) is 1.87. The van der Waals surface area contributed by atoms with Crippen molar-refractivity contribution in [2.24, 2.45) is 0 Å². The Hall–Kier alpha value is -0.720. The molecule has 7 heteroatoms. The van der Waals surface area contributed by atoms with Crippen LogP contribution in [0, 0.1) is 6.92 Å². The van der Waals surface area contributed by atoms with E-state index in [9.17, 15) is 9.90 Å². The quantitative estimate of drug-likeness (QED) is 0.920. The summed E-state index contributed by atoms with van der Waals surface area (Å²) in [5, 5.41) is 14.3. The number of nitrogens with zero attached hydrogens (tertiary/aromatic N) is 3. The maximum absolute atomic E-state index is 11.3. The third-order valence-corrected chi connectivity index (χ3v) is 4.84. The molecule has 1 aromatic rings. The summed E-state index contributed by atoms with van der Waals surface area (Å²) in [4.78, 5) is 13.3. The van der Waals surface area contributed by atoms with E-state index in [0.29, 0.717) is 17.3 Å². The number of carboxylic acids is 1. The standard InChI is InChI=1S/C12H18ClN3O2S/c1-3-16-9(11(13)8(2)14-16)6-15-4-5-19-7-10(15)12(17)18/h10H,3-7H2,1-2H3,(H,17,18). The second kappa shape index (κ2) is 6.15. The molecule has 2 rings (SSSR count). The Bertz CT molecular complexity index is 478. The van der Waals surface area contributed by atoms with Gasteiger partial charge in [0.1, 0.15) is 6.04 Å². The van der Waals surface area contributed by atoms with Gasteiger partial charge in [0, 0.05) is 31.1 Å². The van der Waals surface area contributed by atoms with Crippen LogP contribution in [0.3, 0.4) is 0 Å². The molecule has 0 saturated carbocycles. The van der Waals surface area contributed by atoms with Gasteiger partial charge in [-0.2, -0.15) is 16.9 Å². The molecule has 0 radical (unpaired) electrons. The van der Waals surface area contributed by atoms with Gasteiger partial charge in [-0.05, 0) is 13.8 Å². The van der Waals surface area contributed by atoms with Crippen LogP contribution in [0.25, 0.3) is 0 Å². The summed E-state index contributed by atoms with van der Waals surface area (Å²) in [5.41, 5.74) is 1.72. The van der Waals surface area contributed by atoms with E-state index in [1.165, 1.54) is 0 Å². The second-order valence-electron chi connectivity index (χ2n) is 4.56. The Morgan fingerprint density at radius 3 is 3.00 bits per heavy atom. The fourth-order valence-corrected chi connectivity index (χ4v) is 3.57. The monoisotopic (exact) mass is 303 g/mol. The van der Waals surface area contributed by atoms with Crippen molar-refractivity contribution in [3.63, 3.8) is 0 Å². The first kappa shape index (κ1) is 14.7. The van der Waals surface area contributed by atoms with Crippen molar-refractivity contribution in [1.29, 1.82) is 0 Å². The number of rotatable bonds is 4. The molecule has 1 unspecified atom stereocenters. The molecule has 5 nitrogen and oxygen atoms in total. The largest absolute Gasteiger partial charge is 0.480 e. The van der Waals surface area contributed by atoms with Gasteiger partial charge in [-0.1, -0.05) is 11.6 Å². The van der Waals surface area contributed by atoms with Crippen molar-refractivity contribution in [2.75, 3.05) is 18.1 Å². The Labute approximate surface area is 121 Å². The number of carboxylic acid groups (broad SMARTS) is 1. The van der Waals surface area contributed by atoms with Crippen molar-refractivity contribution in [1.82, 2.24) is 14.7 Å². The zero-order valence-corrected chi connectivity index (χ0v) is 12.7. The molecule has 1 aliphatic rings. The van der Waals surface area contributed by atoms with E-state index in [2.05, 4.69) is 5.10 Å². The number of aliphatic carboxylic acids is 1. The lowest BCUT2D eigenvalue weighted by atomic mass is 10.2. The van der Waals surface area contributed by atoms with Crippen LogP contribution in [0.1, 0.15) is 18.3 Å². The molecular formula is C12H18ClN3O2S. The molecule has 19 heavy (non-hydrogen) atoms. The average molecular weight is 304 g/mol. The molecule has 1 aromatic heterocycles. The third-order valence-electron chi connectivity index (χ3n) is 3.33. The maximum Gasteiger partial charge on any atom is 0.321 e. The SMILES string of the molecule is CCn1nc(C)c(Cl)c1CN1CCSCC1C(=O)O. The first-order chi connectivity index (χ1) is 9.04. The maximum atomic E-state index is 11.3. The van der Waals surface area contributed by atoms with Gasteiger partial charge in [-0.15, -0.1) is 0 Å². The number of hydrogen-bond donors (Lipinski definition) is 1. The van der Waals surface area contributed by atoms with Gasteiger partial charge in [0.05, 0.1) is 16.4 Å². The molecular weight excluding hydrogens is 286 g/mol. The molecule has 0 aliphatic carbocycles. The highest BCUT2D eigenvalue weighted by atomic mass is 35.5. The minimum atomic E-state index is -0.761. The summed E-state index contributed by atoms with van der Waals surface area (Å²) in [5.74, 6) is 0.829. The second-order valence-corrected chi connectivity index (χ2v) is 6.09. The van der Waals surface area contributed by atoms with Crippen LogP contribution in [0.5, 0.6) is 0 Å². The lowest BCUT2D eigenvalue weighted by Gasteiger charge is -2.32. The summed E-state index contributed by atoms with van der Waals surface area (Å²) < 4.78 is 1.86. The molecule has 1 atom stereocenters. The lowest BCUT2D eigenvalue weighted by Crippen LogP contribution is -2.47. The average Bonchev–Trinajstić information content (AvgIpc) is 2.67. The molecule has 0 amide bonds. The van der Waals surface area contributed by atoms with Gasteiger partial charge in [0.2, 0.25) is 0 Å². The fourth-order valence-electron chi connectivity index (χ4n) is 2.27. The normalized spacial score (nSPS) is 20.7. The highest BCUT2D eigenvalue weighted by Crippen LogP contribution is 2.25. The van der Waals surface area contributed by atoms with Crippen LogP contribution in [-0.2, 0) is 17.9 Å². The topological polar surface area (TPSA) is 58.4 Å². The van der Waals surface area contributed by atoms with Crippen LogP contribution < -0.4 is 0 Å². The summed E-state index contributed by atoms with van der Waals surface area (Å²) in [6.07, 6.45) is 0. The number of halogens is 1. The van der Waals surface area contributed by atoms with Gasteiger partial charge in [-0.25, -0.2) is 0 Å². The van der Waals surface area contributed by atoms with Crippen molar-refractivity contribution < 1.29 is 9.90 Å². The van der Waals surface area contributed by atoms with E-state index in [0.717, 1.165) is 30.2 Å². The molecule has 106 valence electrons. The van der Waals surface area contributed by atoms with Gasteiger partial charge in [0.15, 0.2) is 0 Å². The predicted molar refractivity (Wildman–Crippen MR) is 76.8 cm³/mol. The Kier molecular flexibility index (Phi) is 4.76. The van der Waals surface area contributed by atoms with E-state index in [4.69, 9.17) is 11.6 Å². The molecule has 1 fully saturated rings. The number of aromatic nitrogens is 2. The van der Waals surface area contributed by atoms with E-state index in [1.54, 1.807) is 11.8 Å². The van der Waals surface area contributed by atoms with Crippen molar-refractivity contribution in [3.05, 3.63) is 16.4 Å². The van der Waals surface area contributed by atoms with Gasteiger partial charge in [0.25, 0.3) is 0 Å². The highest BCUT2D eigenvalue weighted by Gasteiger charge is 2.30. The minimum absolute atomic E-state index is 0.435. The van der Waals surface area contributed by atoms with E-state index >= 15 is 0 Å². The Morgan fingerprint density at radius 1 is 1.63 bits per heavy atom. The van der Waals surface area contributed by atoms with Crippen LogP contribution in [-0.4, -0.2) is 49.8 Å². The zero-order chi connectivity index (χ0) is 14.0. The molecule has 0 aromatic carbocycles. The highest BCUT2D eigenvalue weighted by molar-refractivity contribution is 7.99. The molecule has 2 heterocycles. The molecule has 1 N–H and O–H groups in total. The summed E-state index contributed by atoms with van der Waals surface area (Å²) in [7, 11) is 0. The number of aryl methyl sites for hydroxylation is 2. The van der Waals surface area contributed by atoms with Crippen molar-refractivity contribution in [2.45, 2.75) is 33.0 Å². The minimum Gasteiger partial charge on any atom is -0.480 e. The van der Waals surface area contributed by atoms with E-state index in [-0.39, 0.29) is 0 Å². The van der Waals surface area contributed by atoms with Crippen molar-refractivity contribution >= 4 is 29.3 Å². The molecule has 1 saturated heterocycles. The van der Waals surface area contributed by atoms with Gasteiger partial charge in [-0.3, -0.25) is 14.4 Å². The Morgan fingerprint density at radius 2 is 2.37 bits per heavy atom. The number of thioether (sulfide) groups is 1. The zero-order valence-electron chi connectivity index (χ0n) is 11.1. The number of hydrogen-bond acceptors (Lipinski definition) is 4. The molecule has 0 bridgehead atoms. The van der Waals surface area contributed by atoms with Gasteiger partial charge < -0.3 is 5.11 Å². The smallest absolute Gasteiger partial charge is 0.321 e. The summed E-state index contributed by atoms with van der Waals surface area (Å²) in [6, 6.07) is -0.435. The van der Waals surface area contributed by atoms with Crippen LogP contribution in [0.2, 0.25) is 5.02 Å². The van der Waals surface area contributed by atoms with Gasteiger partial charge >= 0.3 is 5.97 Å². The first-order valence-electron chi connectivity index (χ1n) is 6.31. The first-order valence-corrected chi connectivity index (χ1v) is 7.84. The van der Waals surface area contributed by atoms with Crippen molar-refractivity contribution in [3.8, 4) is 0 Å². The van der Waals surface area contributed by atoms with E-state index in [1.807, 2.05) is 23.4 Å². The number of carbonyl (C=O) groups is 1. The summed E-state index contributed by atoms with van der Waals surface area (Å²) >= 11 is 7.96. The van der Waals surface area contributed by atoms with Crippen LogP contribution in [0.4, 0.5) is 0 Å². The lowest BCUT2D eigenvalue weighted by molar-refractivity contribution is -0.142. The Balaban J connectivity index is 2.21. The van der Waals surface area contributed by atoms with Crippen LogP contribution in [0.15, 0.2) is 0 Å². The third kappa shape index (κ3) is 3.07. The molecule has 1 aliphatic heterocycles. The fraction of sp³-hybridized carbons (Fsp3) is 0.667.